The number of nitrogens with zero attached hydrogens (tertiary/aromatic N) is 2. The van der Waals surface area contributed by atoms with Crippen molar-refractivity contribution in [2.75, 3.05) is 10.2 Å². The second-order valence-electron chi connectivity index (χ2n) is 8.37. The number of benzene rings is 2. The van der Waals surface area contributed by atoms with E-state index in [4.69, 9.17) is 0 Å². The average molecular weight is 476 g/mol. The maximum absolute atomic E-state index is 13.5. The summed E-state index contributed by atoms with van der Waals surface area (Å²) in [5.74, 6) is -0.401. The fraction of sp³-hybridized carbons (Fsp3) is 0.269. The Balaban J connectivity index is 1.47. The third kappa shape index (κ3) is 4.30. The number of thiophene rings is 1. The van der Waals surface area contributed by atoms with E-state index in [0.29, 0.717) is 18.0 Å². The molecule has 5 nitrogen and oxygen atoms in total. The SMILES string of the molecule is CCc1ccc2nc(NC(=O)C3CCC(=O)N(c4ccc(C)cc4)C3c3cccs3)sc2c1. The van der Waals surface area contributed by atoms with Crippen molar-refractivity contribution in [3.8, 4) is 0 Å². The molecule has 2 aromatic heterocycles. The first-order valence-electron chi connectivity index (χ1n) is 11.2. The largest absolute Gasteiger partial charge is 0.303 e. The molecule has 0 saturated carbocycles. The summed E-state index contributed by atoms with van der Waals surface area (Å²) in [4.78, 5) is 34.1. The Labute approximate surface area is 201 Å². The molecule has 1 saturated heterocycles. The lowest BCUT2D eigenvalue weighted by atomic mass is 9.86. The first kappa shape index (κ1) is 21.8. The molecule has 33 heavy (non-hydrogen) atoms. The van der Waals surface area contributed by atoms with Crippen LogP contribution in [0.15, 0.2) is 60.0 Å². The summed E-state index contributed by atoms with van der Waals surface area (Å²) in [5, 5.41) is 5.66. The number of aromatic nitrogens is 1. The monoisotopic (exact) mass is 475 g/mol. The van der Waals surface area contributed by atoms with Crippen LogP contribution in [-0.4, -0.2) is 16.8 Å². The zero-order valence-electron chi connectivity index (χ0n) is 18.6. The number of hydrogen-bond donors (Lipinski definition) is 1. The molecule has 0 aliphatic carbocycles. The lowest BCUT2D eigenvalue weighted by Crippen LogP contribution is -2.46. The van der Waals surface area contributed by atoms with Crippen LogP contribution in [0.1, 0.15) is 41.8 Å². The van der Waals surface area contributed by atoms with E-state index < -0.39 is 0 Å². The molecule has 7 heteroatoms. The van der Waals surface area contributed by atoms with Gasteiger partial charge < -0.3 is 10.2 Å². The quantitative estimate of drug-likeness (QED) is 0.366. The third-order valence-electron chi connectivity index (χ3n) is 6.17. The van der Waals surface area contributed by atoms with E-state index in [1.54, 1.807) is 11.3 Å². The van der Waals surface area contributed by atoms with Crippen molar-refractivity contribution in [1.82, 2.24) is 4.98 Å². The second kappa shape index (κ2) is 9.08. The zero-order valence-corrected chi connectivity index (χ0v) is 20.2. The van der Waals surface area contributed by atoms with Gasteiger partial charge in [-0.25, -0.2) is 4.98 Å². The maximum Gasteiger partial charge on any atom is 0.231 e. The Morgan fingerprint density at radius 3 is 2.73 bits per heavy atom. The smallest absolute Gasteiger partial charge is 0.231 e. The lowest BCUT2D eigenvalue weighted by Gasteiger charge is -2.40. The van der Waals surface area contributed by atoms with Gasteiger partial charge in [0.05, 0.1) is 22.2 Å². The number of anilines is 2. The van der Waals surface area contributed by atoms with Gasteiger partial charge in [0, 0.05) is 17.0 Å². The molecule has 1 aliphatic heterocycles. The molecule has 4 aromatic rings. The minimum Gasteiger partial charge on any atom is -0.303 e. The summed E-state index contributed by atoms with van der Waals surface area (Å²) in [6, 6.07) is 17.8. The van der Waals surface area contributed by atoms with Crippen molar-refractivity contribution in [2.24, 2.45) is 5.92 Å². The van der Waals surface area contributed by atoms with Gasteiger partial charge in [0.1, 0.15) is 0 Å². The number of carbonyl (C=O) groups excluding carboxylic acids is 2. The molecule has 0 radical (unpaired) electrons. The van der Waals surface area contributed by atoms with Crippen molar-refractivity contribution in [1.29, 1.82) is 0 Å². The van der Waals surface area contributed by atoms with Crippen molar-refractivity contribution in [2.45, 2.75) is 39.2 Å². The van der Waals surface area contributed by atoms with Gasteiger partial charge in [0.15, 0.2) is 5.13 Å². The van der Waals surface area contributed by atoms with Gasteiger partial charge in [-0.15, -0.1) is 11.3 Å². The number of fused-ring (bicyclic) bond motifs is 1. The molecule has 0 bridgehead atoms. The Kier molecular flexibility index (Phi) is 6.00. The van der Waals surface area contributed by atoms with Gasteiger partial charge in [-0.3, -0.25) is 9.59 Å². The highest BCUT2D eigenvalue weighted by atomic mass is 32.1. The fourth-order valence-corrected chi connectivity index (χ4v) is 6.22. The molecule has 5 rings (SSSR count). The van der Waals surface area contributed by atoms with Gasteiger partial charge in [-0.05, 0) is 61.0 Å². The maximum atomic E-state index is 13.5. The highest BCUT2D eigenvalue weighted by Gasteiger charge is 2.42. The highest BCUT2D eigenvalue weighted by molar-refractivity contribution is 7.22. The Morgan fingerprint density at radius 2 is 2.00 bits per heavy atom. The van der Waals surface area contributed by atoms with Crippen molar-refractivity contribution in [3.05, 3.63) is 76.0 Å². The first-order valence-corrected chi connectivity index (χ1v) is 12.9. The summed E-state index contributed by atoms with van der Waals surface area (Å²) >= 11 is 3.08. The minimum atomic E-state index is -0.360. The van der Waals surface area contributed by atoms with E-state index in [9.17, 15) is 9.59 Å². The van der Waals surface area contributed by atoms with Gasteiger partial charge in [-0.2, -0.15) is 0 Å². The summed E-state index contributed by atoms with van der Waals surface area (Å²) in [6.07, 6.45) is 1.82. The molecular formula is C26H25N3O2S2. The van der Waals surface area contributed by atoms with E-state index in [0.717, 1.165) is 32.8 Å². The molecule has 168 valence electrons. The molecule has 2 amide bonds. The van der Waals surface area contributed by atoms with Crippen LogP contribution < -0.4 is 10.2 Å². The van der Waals surface area contributed by atoms with E-state index in [-0.39, 0.29) is 23.8 Å². The van der Waals surface area contributed by atoms with Crippen molar-refractivity contribution in [3.63, 3.8) is 0 Å². The zero-order chi connectivity index (χ0) is 22.9. The molecule has 1 fully saturated rings. The fourth-order valence-electron chi connectivity index (χ4n) is 4.40. The molecule has 3 heterocycles. The molecule has 1 N–H and O–H groups in total. The van der Waals surface area contributed by atoms with Gasteiger partial charge >= 0.3 is 0 Å². The Bertz CT molecular complexity index is 1300. The predicted molar refractivity (Wildman–Crippen MR) is 136 cm³/mol. The number of carbonyl (C=O) groups is 2. The molecule has 2 aromatic carbocycles. The van der Waals surface area contributed by atoms with Crippen LogP contribution >= 0.6 is 22.7 Å². The second-order valence-corrected chi connectivity index (χ2v) is 10.4. The Morgan fingerprint density at radius 1 is 1.18 bits per heavy atom. The van der Waals surface area contributed by atoms with Gasteiger partial charge in [0.2, 0.25) is 11.8 Å². The van der Waals surface area contributed by atoms with Gasteiger partial charge in [-0.1, -0.05) is 48.1 Å². The van der Waals surface area contributed by atoms with Crippen LogP contribution in [0.4, 0.5) is 10.8 Å². The average Bonchev–Trinajstić information content (AvgIpc) is 3.48. The first-order chi connectivity index (χ1) is 16.0. The van der Waals surface area contributed by atoms with Crippen LogP contribution in [-0.2, 0) is 16.0 Å². The number of aryl methyl sites for hydroxylation is 2. The lowest BCUT2D eigenvalue weighted by molar-refractivity contribution is -0.125. The number of hydrogen-bond acceptors (Lipinski definition) is 5. The summed E-state index contributed by atoms with van der Waals surface area (Å²) in [6.45, 7) is 4.15. The third-order valence-corrected chi connectivity index (χ3v) is 8.05. The minimum absolute atomic E-state index is 0.0494. The molecule has 2 atom stereocenters. The molecular weight excluding hydrogens is 450 g/mol. The van der Waals surface area contributed by atoms with E-state index in [1.807, 2.05) is 59.7 Å². The van der Waals surface area contributed by atoms with Crippen molar-refractivity contribution < 1.29 is 9.59 Å². The number of rotatable bonds is 5. The highest BCUT2D eigenvalue weighted by Crippen LogP contribution is 2.42. The van der Waals surface area contributed by atoms with Crippen molar-refractivity contribution >= 4 is 55.5 Å². The summed E-state index contributed by atoms with van der Waals surface area (Å²) < 4.78 is 1.07. The van der Waals surface area contributed by atoms with E-state index in [2.05, 4.69) is 29.4 Å². The van der Waals surface area contributed by atoms with Crippen LogP contribution in [0.5, 0.6) is 0 Å². The summed E-state index contributed by atoms with van der Waals surface area (Å²) in [7, 11) is 0. The van der Waals surface area contributed by atoms with Crippen LogP contribution in [0.3, 0.4) is 0 Å². The van der Waals surface area contributed by atoms with Crippen LogP contribution in [0.25, 0.3) is 10.2 Å². The van der Waals surface area contributed by atoms with Crippen LogP contribution in [0.2, 0.25) is 0 Å². The molecule has 1 aliphatic rings. The number of nitrogens with one attached hydrogen (secondary N) is 1. The van der Waals surface area contributed by atoms with E-state index >= 15 is 0 Å². The number of piperidine rings is 1. The van der Waals surface area contributed by atoms with Crippen LogP contribution in [0, 0.1) is 12.8 Å². The Hall–Kier alpha value is -3.03. The topological polar surface area (TPSA) is 62.3 Å². The standard InChI is InChI=1S/C26H25N3O2S2/c1-3-17-8-12-20-22(15-17)33-26(27-20)28-25(31)19-11-13-23(30)29(18-9-6-16(2)7-10-18)24(19)21-5-4-14-32-21/h4-10,12,14-15,19,24H,3,11,13H2,1-2H3,(H,27,28,31). The number of thiazole rings is 1. The van der Waals surface area contributed by atoms with E-state index in [1.165, 1.54) is 16.9 Å². The molecule has 2 unspecified atom stereocenters. The summed E-state index contributed by atoms with van der Waals surface area (Å²) in [5.41, 5.74) is 4.10. The number of amides is 2. The van der Waals surface area contributed by atoms with Gasteiger partial charge in [0.25, 0.3) is 0 Å². The predicted octanol–water partition coefficient (Wildman–Crippen LogP) is 6.35. The molecule has 0 spiro atoms. The normalized spacial score (nSPS) is 18.6.